The fourth-order valence-electron chi connectivity index (χ4n) is 0.807. The lowest BCUT2D eigenvalue weighted by atomic mass is 10.0. The molecular formula is C8H17NO2S. The molecule has 0 fully saturated rings. The van der Waals surface area contributed by atoms with Crippen molar-refractivity contribution in [2.24, 2.45) is 5.41 Å². The Bertz CT molecular complexity index is 236. The van der Waals surface area contributed by atoms with E-state index in [-0.39, 0.29) is 11.2 Å². The number of rotatable bonds is 4. The summed E-state index contributed by atoms with van der Waals surface area (Å²) in [4.78, 5) is 0. The number of nitrogens with one attached hydrogen (secondary N) is 1. The summed E-state index contributed by atoms with van der Waals surface area (Å²) in [6.45, 7) is 9.40. The Labute approximate surface area is 74.9 Å². The molecule has 1 N–H and O–H groups in total. The monoisotopic (exact) mass is 191 g/mol. The second-order valence-electron chi connectivity index (χ2n) is 3.96. The van der Waals surface area contributed by atoms with Gasteiger partial charge >= 0.3 is 0 Å². The van der Waals surface area contributed by atoms with Gasteiger partial charge in [0.1, 0.15) is 0 Å². The fraction of sp³-hybridized carbons (Fsp3) is 0.750. The van der Waals surface area contributed by atoms with Crippen molar-refractivity contribution in [3.8, 4) is 0 Å². The normalized spacial score (nSPS) is 12.9. The molecule has 0 amide bonds. The minimum Gasteiger partial charge on any atom is -0.212 e. The van der Waals surface area contributed by atoms with Crippen molar-refractivity contribution in [1.29, 1.82) is 0 Å². The van der Waals surface area contributed by atoms with E-state index in [0.29, 0.717) is 6.54 Å². The average molecular weight is 191 g/mol. The molecule has 0 aliphatic heterocycles. The summed E-state index contributed by atoms with van der Waals surface area (Å²) in [7, 11) is -3.12. The van der Waals surface area contributed by atoms with E-state index in [9.17, 15) is 8.42 Å². The first-order valence-corrected chi connectivity index (χ1v) is 5.50. The van der Waals surface area contributed by atoms with Gasteiger partial charge in [-0.1, -0.05) is 26.8 Å². The molecule has 0 aliphatic rings. The van der Waals surface area contributed by atoms with E-state index in [1.54, 1.807) is 0 Å². The number of hydrogen-bond acceptors (Lipinski definition) is 2. The molecule has 12 heavy (non-hydrogen) atoms. The van der Waals surface area contributed by atoms with E-state index in [2.05, 4.69) is 11.3 Å². The Morgan fingerprint density at radius 1 is 1.42 bits per heavy atom. The standard InChI is InChI=1S/C8H17NO2S/c1-5-6-9-12(10,11)7-8(2,3)4/h5,9H,1,6-7H2,2-4H3. The highest BCUT2D eigenvalue weighted by Crippen LogP contribution is 2.14. The average Bonchev–Trinajstić information content (AvgIpc) is 1.78. The lowest BCUT2D eigenvalue weighted by Gasteiger charge is -2.17. The molecular weight excluding hydrogens is 174 g/mol. The van der Waals surface area contributed by atoms with Crippen LogP contribution in [-0.2, 0) is 10.0 Å². The van der Waals surface area contributed by atoms with Crippen LogP contribution in [0.5, 0.6) is 0 Å². The van der Waals surface area contributed by atoms with Crippen LogP contribution in [-0.4, -0.2) is 20.7 Å². The Kier molecular flexibility index (Phi) is 3.93. The molecule has 4 heteroatoms. The molecule has 0 saturated carbocycles. The first kappa shape index (κ1) is 11.6. The molecule has 0 aliphatic carbocycles. The van der Waals surface area contributed by atoms with Crippen molar-refractivity contribution < 1.29 is 8.42 Å². The zero-order valence-corrected chi connectivity index (χ0v) is 8.74. The molecule has 0 spiro atoms. The van der Waals surface area contributed by atoms with Gasteiger partial charge in [0.15, 0.2) is 0 Å². The summed E-state index contributed by atoms with van der Waals surface area (Å²) in [5.74, 6) is 0.147. The Hall–Kier alpha value is -0.350. The van der Waals surface area contributed by atoms with E-state index in [1.807, 2.05) is 20.8 Å². The van der Waals surface area contributed by atoms with Crippen LogP contribution in [0.3, 0.4) is 0 Å². The number of sulfonamides is 1. The molecule has 0 aromatic heterocycles. The van der Waals surface area contributed by atoms with Gasteiger partial charge in [-0.2, -0.15) is 0 Å². The molecule has 72 valence electrons. The van der Waals surface area contributed by atoms with E-state index in [4.69, 9.17) is 0 Å². The summed E-state index contributed by atoms with van der Waals surface area (Å²) in [6, 6.07) is 0. The minimum atomic E-state index is -3.12. The molecule has 0 atom stereocenters. The highest BCUT2D eigenvalue weighted by atomic mass is 32.2. The van der Waals surface area contributed by atoms with E-state index in [1.165, 1.54) is 6.08 Å². The first-order valence-electron chi connectivity index (χ1n) is 3.85. The van der Waals surface area contributed by atoms with Gasteiger partial charge in [-0.3, -0.25) is 0 Å². The summed E-state index contributed by atoms with van der Waals surface area (Å²) in [5.41, 5.74) is -0.201. The maximum atomic E-state index is 11.2. The lowest BCUT2D eigenvalue weighted by Crippen LogP contribution is -2.32. The van der Waals surface area contributed by atoms with Crippen LogP contribution in [0, 0.1) is 5.41 Å². The van der Waals surface area contributed by atoms with Gasteiger partial charge in [0, 0.05) is 6.54 Å². The van der Waals surface area contributed by atoms with Crippen molar-refractivity contribution >= 4 is 10.0 Å². The maximum Gasteiger partial charge on any atom is 0.212 e. The van der Waals surface area contributed by atoms with E-state index in [0.717, 1.165) is 0 Å². The Morgan fingerprint density at radius 2 is 1.92 bits per heavy atom. The van der Waals surface area contributed by atoms with Crippen LogP contribution in [0.15, 0.2) is 12.7 Å². The van der Waals surface area contributed by atoms with Gasteiger partial charge in [-0.05, 0) is 5.41 Å². The fourth-order valence-corrected chi connectivity index (χ4v) is 2.42. The smallest absolute Gasteiger partial charge is 0.212 e. The molecule has 3 nitrogen and oxygen atoms in total. The molecule has 0 aromatic rings. The summed E-state index contributed by atoms with van der Waals surface area (Å²) >= 11 is 0. The topological polar surface area (TPSA) is 46.2 Å². The van der Waals surface area contributed by atoms with Crippen molar-refractivity contribution in [3.63, 3.8) is 0 Å². The third-order valence-corrected chi connectivity index (χ3v) is 2.92. The maximum absolute atomic E-state index is 11.2. The van der Waals surface area contributed by atoms with Crippen LogP contribution in [0.25, 0.3) is 0 Å². The zero-order chi connectivity index (χ0) is 9.83. The van der Waals surface area contributed by atoms with Gasteiger partial charge in [0.25, 0.3) is 0 Å². The predicted octanol–water partition coefficient (Wildman–Crippen LogP) is 1.14. The van der Waals surface area contributed by atoms with Crippen LogP contribution in [0.4, 0.5) is 0 Å². The van der Waals surface area contributed by atoms with Crippen molar-refractivity contribution in [3.05, 3.63) is 12.7 Å². The SMILES string of the molecule is C=CCNS(=O)(=O)CC(C)(C)C. The minimum absolute atomic E-state index is 0.147. The molecule has 0 rings (SSSR count). The highest BCUT2D eigenvalue weighted by molar-refractivity contribution is 7.89. The Balaban J connectivity index is 4.15. The van der Waals surface area contributed by atoms with E-state index < -0.39 is 10.0 Å². The van der Waals surface area contributed by atoms with Gasteiger partial charge in [-0.25, -0.2) is 13.1 Å². The molecule has 0 bridgehead atoms. The quantitative estimate of drug-likeness (QED) is 0.677. The summed E-state index contributed by atoms with van der Waals surface area (Å²) in [6.07, 6.45) is 1.53. The Morgan fingerprint density at radius 3 is 2.25 bits per heavy atom. The second kappa shape index (κ2) is 4.05. The first-order chi connectivity index (χ1) is 5.27. The highest BCUT2D eigenvalue weighted by Gasteiger charge is 2.20. The van der Waals surface area contributed by atoms with Gasteiger partial charge in [0.2, 0.25) is 10.0 Å². The van der Waals surface area contributed by atoms with Gasteiger partial charge in [-0.15, -0.1) is 6.58 Å². The van der Waals surface area contributed by atoms with Gasteiger partial charge < -0.3 is 0 Å². The summed E-state index contributed by atoms with van der Waals surface area (Å²) < 4.78 is 24.9. The molecule has 0 saturated heterocycles. The second-order valence-corrected chi connectivity index (χ2v) is 5.76. The van der Waals surface area contributed by atoms with Gasteiger partial charge in [0.05, 0.1) is 5.75 Å². The number of hydrogen-bond donors (Lipinski definition) is 1. The predicted molar refractivity (Wildman–Crippen MR) is 51.4 cm³/mol. The third-order valence-electron chi connectivity index (χ3n) is 1.07. The molecule has 0 unspecified atom stereocenters. The summed E-state index contributed by atoms with van der Waals surface area (Å²) in [5, 5.41) is 0. The van der Waals surface area contributed by atoms with Crippen LogP contribution >= 0.6 is 0 Å². The molecule has 0 radical (unpaired) electrons. The van der Waals surface area contributed by atoms with Crippen LogP contribution < -0.4 is 4.72 Å². The van der Waals surface area contributed by atoms with E-state index >= 15 is 0 Å². The van der Waals surface area contributed by atoms with Crippen molar-refractivity contribution in [1.82, 2.24) is 4.72 Å². The third kappa shape index (κ3) is 6.37. The largest absolute Gasteiger partial charge is 0.212 e. The molecule has 0 heterocycles. The zero-order valence-electron chi connectivity index (χ0n) is 7.92. The van der Waals surface area contributed by atoms with Crippen molar-refractivity contribution in [2.75, 3.05) is 12.3 Å². The lowest BCUT2D eigenvalue weighted by molar-refractivity contribution is 0.459. The van der Waals surface area contributed by atoms with Crippen molar-refractivity contribution in [2.45, 2.75) is 20.8 Å². The van der Waals surface area contributed by atoms with Crippen LogP contribution in [0.1, 0.15) is 20.8 Å². The molecule has 0 aromatic carbocycles. The van der Waals surface area contributed by atoms with Crippen LogP contribution in [0.2, 0.25) is 0 Å².